The molecule has 0 aromatic heterocycles. The van der Waals surface area contributed by atoms with Crippen LogP contribution in [0.15, 0.2) is 18.2 Å². The van der Waals surface area contributed by atoms with Gasteiger partial charge in [0.1, 0.15) is 0 Å². The highest BCUT2D eigenvalue weighted by atomic mass is 19.4. The van der Waals surface area contributed by atoms with Crippen LogP contribution in [-0.2, 0) is 0 Å². The predicted octanol–water partition coefficient (Wildman–Crippen LogP) is 3.88. The lowest BCUT2D eigenvalue weighted by molar-refractivity contribution is -0.284. The molecule has 9 heteroatoms. The number of benzene rings is 1. The second-order valence-corrected chi connectivity index (χ2v) is 4.10. The number of ether oxygens (including phenoxy) is 1. The summed E-state index contributed by atoms with van der Waals surface area (Å²) in [5.41, 5.74) is -0.299. The van der Waals surface area contributed by atoms with Gasteiger partial charge in [0.2, 0.25) is 0 Å². The highest BCUT2D eigenvalue weighted by molar-refractivity contribution is 5.88. The fourth-order valence-corrected chi connectivity index (χ4v) is 1.37. The normalized spacial score (nSPS) is 12.3. The van der Waals surface area contributed by atoms with Gasteiger partial charge in [0, 0.05) is 6.42 Å². The minimum atomic E-state index is -5.65. The molecule has 21 heavy (non-hydrogen) atoms. The van der Waals surface area contributed by atoms with E-state index in [0.717, 1.165) is 18.2 Å². The number of rotatable bonds is 6. The molecule has 0 aliphatic rings. The van der Waals surface area contributed by atoms with Crippen LogP contribution in [0.4, 0.5) is 26.3 Å². The zero-order chi connectivity index (χ0) is 16.3. The van der Waals surface area contributed by atoms with E-state index in [9.17, 15) is 31.1 Å². The highest BCUT2D eigenvalue weighted by Crippen LogP contribution is 2.38. The van der Waals surface area contributed by atoms with Crippen molar-refractivity contribution in [3.05, 3.63) is 29.6 Å². The molecule has 0 saturated carbocycles. The minimum absolute atomic E-state index is 0.299. The lowest BCUT2D eigenvalue weighted by Crippen LogP contribution is -2.36. The summed E-state index contributed by atoms with van der Waals surface area (Å²) in [4.78, 5) is 10.6. The summed E-state index contributed by atoms with van der Waals surface area (Å²) >= 11 is 0. The number of carboxylic acid groups (broad SMARTS) is 1. The molecule has 1 aromatic rings. The second-order valence-electron chi connectivity index (χ2n) is 4.10. The molecule has 1 N–H and O–H groups in total. The largest absolute Gasteiger partial charge is 0.490 e. The van der Waals surface area contributed by atoms with Crippen molar-refractivity contribution in [3.63, 3.8) is 0 Å². The maximum Gasteiger partial charge on any atom is 0.453 e. The van der Waals surface area contributed by atoms with E-state index in [4.69, 9.17) is 9.84 Å². The van der Waals surface area contributed by atoms with Crippen molar-refractivity contribution in [1.82, 2.24) is 0 Å². The standard InChI is InChI=1S/C12H10F6O3/c13-8-3-2-7(10(19)20)6-9(8)21-5-1-4-11(14,15)12(16,17)18/h2-3,6H,1,4-5H2,(H,19,20). The highest BCUT2D eigenvalue weighted by Gasteiger charge is 2.56. The van der Waals surface area contributed by atoms with Crippen LogP contribution in [0, 0.1) is 5.82 Å². The van der Waals surface area contributed by atoms with Gasteiger partial charge in [-0.05, 0) is 24.6 Å². The summed E-state index contributed by atoms with van der Waals surface area (Å²) in [7, 11) is 0. The minimum Gasteiger partial charge on any atom is -0.490 e. The van der Waals surface area contributed by atoms with Gasteiger partial charge in [-0.2, -0.15) is 22.0 Å². The van der Waals surface area contributed by atoms with E-state index in [0.29, 0.717) is 0 Å². The van der Waals surface area contributed by atoms with Crippen LogP contribution in [0.1, 0.15) is 23.2 Å². The van der Waals surface area contributed by atoms with Crippen LogP contribution in [-0.4, -0.2) is 29.8 Å². The zero-order valence-electron chi connectivity index (χ0n) is 10.4. The summed E-state index contributed by atoms with van der Waals surface area (Å²) in [6, 6.07) is 2.57. The van der Waals surface area contributed by atoms with Crippen LogP contribution in [0.5, 0.6) is 5.75 Å². The molecule has 0 heterocycles. The summed E-state index contributed by atoms with van der Waals surface area (Å²) in [5, 5.41) is 8.67. The number of aromatic carboxylic acids is 1. The lowest BCUT2D eigenvalue weighted by atomic mass is 10.2. The van der Waals surface area contributed by atoms with E-state index in [1.807, 2.05) is 0 Å². The molecule has 0 bridgehead atoms. The van der Waals surface area contributed by atoms with Crippen molar-refractivity contribution in [2.75, 3.05) is 6.61 Å². The van der Waals surface area contributed by atoms with E-state index >= 15 is 0 Å². The Bertz CT molecular complexity index is 512. The quantitative estimate of drug-likeness (QED) is 0.640. The Morgan fingerprint density at radius 3 is 2.33 bits per heavy atom. The molecule has 118 valence electrons. The first-order chi connectivity index (χ1) is 9.54. The number of halogens is 6. The third kappa shape index (κ3) is 4.54. The Morgan fingerprint density at radius 2 is 1.81 bits per heavy atom. The predicted molar refractivity (Wildman–Crippen MR) is 59.1 cm³/mol. The molecule has 0 atom stereocenters. The van der Waals surface area contributed by atoms with E-state index in [1.165, 1.54) is 0 Å². The Hall–Kier alpha value is -1.93. The molecule has 0 amide bonds. The van der Waals surface area contributed by atoms with Crippen LogP contribution in [0.3, 0.4) is 0 Å². The van der Waals surface area contributed by atoms with E-state index in [2.05, 4.69) is 0 Å². The summed E-state index contributed by atoms with van der Waals surface area (Å²) < 4.78 is 78.7. The van der Waals surface area contributed by atoms with Gasteiger partial charge in [-0.3, -0.25) is 0 Å². The fraction of sp³-hybridized carbons (Fsp3) is 0.417. The van der Waals surface area contributed by atoms with Gasteiger partial charge in [-0.1, -0.05) is 0 Å². The maximum atomic E-state index is 13.2. The third-order valence-corrected chi connectivity index (χ3v) is 2.49. The van der Waals surface area contributed by atoms with Gasteiger partial charge in [0.05, 0.1) is 12.2 Å². The SMILES string of the molecule is O=C(O)c1ccc(F)c(OCCCC(F)(F)C(F)(F)F)c1. The number of carboxylic acids is 1. The molecule has 1 aromatic carbocycles. The van der Waals surface area contributed by atoms with Gasteiger partial charge >= 0.3 is 18.1 Å². The summed E-state index contributed by atoms with van der Waals surface area (Å²) in [6.45, 7) is -0.605. The Balaban J connectivity index is 2.57. The molecule has 0 unspecified atom stereocenters. The number of carbonyl (C=O) groups is 1. The summed E-state index contributed by atoms with van der Waals surface area (Å²) in [5.74, 6) is -7.67. The first kappa shape index (κ1) is 17.1. The third-order valence-electron chi connectivity index (χ3n) is 2.49. The lowest BCUT2D eigenvalue weighted by Gasteiger charge is -2.19. The molecular weight excluding hydrogens is 306 g/mol. The topological polar surface area (TPSA) is 46.5 Å². The van der Waals surface area contributed by atoms with Crippen LogP contribution in [0.25, 0.3) is 0 Å². The van der Waals surface area contributed by atoms with Gasteiger partial charge in [-0.15, -0.1) is 0 Å². The fourth-order valence-electron chi connectivity index (χ4n) is 1.37. The molecule has 3 nitrogen and oxygen atoms in total. The van der Waals surface area contributed by atoms with Crippen molar-refractivity contribution >= 4 is 5.97 Å². The Kier molecular flexibility index (Phi) is 5.08. The first-order valence-electron chi connectivity index (χ1n) is 5.65. The monoisotopic (exact) mass is 316 g/mol. The van der Waals surface area contributed by atoms with Crippen molar-refractivity contribution in [2.45, 2.75) is 24.9 Å². The average Bonchev–Trinajstić information content (AvgIpc) is 2.34. The van der Waals surface area contributed by atoms with E-state index in [1.54, 1.807) is 0 Å². The van der Waals surface area contributed by atoms with E-state index < -0.39 is 49.1 Å². The maximum absolute atomic E-state index is 13.2. The van der Waals surface area contributed by atoms with Gasteiger partial charge in [0.25, 0.3) is 0 Å². The molecular formula is C12H10F6O3. The molecule has 0 aliphatic carbocycles. The molecule has 0 aliphatic heterocycles. The van der Waals surface area contributed by atoms with Gasteiger partial charge in [0.15, 0.2) is 11.6 Å². The van der Waals surface area contributed by atoms with Crippen LogP contribution in [0.2, 0.25) is 0 Å². The van der Waals surface area contributed by atoms with Crippen molar-refractivity contribution < 1.29 is 41.0 Å². The van der Waals surface area contributed by atoms with Crippen molar-refractivity contribution in [1.29, 1.82) is 0 Å². The number of hydrogen-bond acceptors (Lipinski definition) is 2. The van der Waals surface area contributed by atoms with Gasteiger partial charge < -0.3 is 9.84 Å². The Morgan fingerprint density at radius 1 is 1.19 bits per heavy atom. The zero-order valence-corrected chi connectivity index (χ0v) is 10.4. The van der Waals surface area contributed by atoms with Crippen molar-refractivity contribution in [2.24, 2.45) is 0 Å². The van der Waals surface area contributed by atoms with Crippen LogP contribution >= 0.6 is 0 Å². The molecule has 0 radical (unpaired) electrons. The number of hydrogen-bond donors (Lipinski definition) is 1. The van der Waals surface area contributed by atoms with Crippen molar-refractivity contribution in [3.8, 4) is 5.75 Å². The molecule has 0 fully saturated rings. The smallest absolute Gasteiger partial charge is 0.453 e. The first-order valence-corrected chi connectivity index (χ1v) is 5.65. The average molecular weight is 316 g/mol. The second kappa shape index (κ2) is 6.23. The molecule has 1 rings (SSSR count). The summed E-state index contributed by atoms with van der Waals surface area (Å²) in [6.07, 6.45) is -7.83. The molecule has 0 spiro atoms. The molecule has 0 saturated heterocycles. The van der Waals surface area contributed by atoms with Crippen LogP contribution < -0.4 is 4.74 Å². The Labute approximate surface area is 115 Å². The van der Waals surface area contributed by atoms with Gasteiger partial charge in [-0.25, -0.2) is 9.18 Å². The van der Waals surface area contributed by atoms with E-state index in [-0.39, 0.29) is 5.56 Å². The number of alkyl halides is 5.